The minimum atomic E-state index is -0.863. The molecule has 18 heavy (non-hydrogen) atoms. The van der Waals surface area contributed by atoms with Crippen molar-refractivity contribution in [3.05, 3.63) is 30.1 Å². The lowest BCUT2D eigenvalue weighted by molar-refractivity contribution is 0.466. The Kier molecular flexibility index (Phi) is 3.53. The summed E-state index contributed by atoms with van der Waals surface area (Å²) in [5.41, 5.74) is 5.80. The fourth-order valence-corrected chi connectivity index (χ4v) is 2.25. The summed E-state index contributed by atoms with van der Waals surface area (Å²) >= 11 is 0. The van der Waals surface area contributed by atoms with Crippen LogP contribution in [-0.4, -0.2) is 18.6 Å². The van der Waals surface area contributed by atoms with E-state index in [1.165, 1.54) is 6.07 Å². The van der Waals surface area contributed by atoms with Gasteiger partial charge in [-0.15, -0.1) is 0 Å². The summed E-state index contributed by atoms with van der Waals surface area (Å²) in [4.78, 5) is 1.84. The second-order valence-corrected chi connectivity index (χ2v) is 4.89. The van der Waals surface area contributed by atoms with Crippen molar-refractivity contribution in [2.24, 2.45) is 11.7 Å². The van der Waals surface area contributed by atoms with Crippen molar-refractivity contribution in [2.75, 3.05) is 18.0 Å². The summed E-state index contributed by atoms with van der Waals surface area (Å²) < 4.78 is 13.8. The number of nitrogens with zero attached hydrogens (tertiary/aromatic N) is 2. The van der Waals surface area contributed by atoms with Crippen LogP contribution < -0.4 is 10.6 Å². The largest absolute Gasteiger partial charge is 0.367 e. The molecule has 1 atom stereocenters. The Morgan fingerprint density at radius 3 is 2.67 bits per heavy atom. The molecule has 2 N–H and O–H groups in total. The van der Waals surface area contributed by atoms with Gasteiger partial charge in [-0.05, 0) is 37.8 Å². The van der Waals surface area contributed by atoms with Gasteiger partial charge in [0.1, 0.15) is 11.4 Å². The number of anilines is 1. The maximum absolute atomic E-state index is 13.8. The molecule has 0 heterocycles. The van der Waals surface area contributed by atoms with Crippen LogP contribution in [0.25, 0.3) is 0 Å². The Balaban J connectivity index is 2.20. The quantitative estimate of drug-likeness (QED) is 0.868. The van der Waals surface area contributed by atoms with Crippen LogP contribution in [0.2, 0.25) is 0 Å². The molecule has 1 aliphatic rings. The summed E-state index contributed by atoms with van der Waals surface area (Å²) in [5.74, 6) is -0.0150. The first kappa shape index (κ1) is 12.8. The molecular formula is C14H18FN3. The smallest absolute Gasteiger partial charge is 0.146 e. The summed E-state index contributed by atoms with van der Waals surface area (Å²) in [5, 5.41) is 9.26. The zero-order valence-corrected chi connectivity index (χ0v) is 10.6. The number of para-hydroxylation sites is 1. The van der Waals surface area contributed by atoms with E-state index in [0.717, 1.165) is 12.8 Å². The third-order valence-electron chi connectivity index (χ3n) is 3.54. The highest BCUT2D eigenvalue weighted by molar-refractivity contribution is 5.48. The van der Waals surface area contributed by atoms with Gasteiger partial charge in [-0.25, -0.2) is 4.39 Å². The summed E-state index contributed by atoms with van der Waals surface area (Å²) in [6.07, 6.45) is 2.00. The second kappa shape index (κ2) is 4.95. The zero-order valence-electron chi connectivity index (χ0n) is 10.6. The molecule has 1 saturated carbocycles. The van der Waals surface area contributed by atoms with Crippen LogP contribution in [0.15, 0.2) is 24.3 Å². The van der Waals surface area contributed by atoms with E-state index in [1.807, 2.05) is 11.8 Å². The zero-order chi connectivity index (χ0) is 13.2. The molecule has 0 amide bonds. The minimum absolute atomic E-state index is 0.253. The molecular weight excluding hydrogens is 229 g/mol. The number of nitriles is 1. The highest BCUT2D eigenvalue weighted by atomic mass is 19.1. The van der Waals surface area contributed by atoms with Gasteiger partial charge in [0.05, 0.1) is 11.8 Å². The van der Waals surface area contributed by atoms with E-state index >= 15 is 0 Å². The number of halogens is 1. The molecule has 1 fully saturated rings. The Morgan fingerprint density at radius 2 is 2.17 bits per heavy atom. The third-order valence-corrected chi connectivity index (χ3v) is 3.54. The van der Waals surface area contributed by atoms with Gasteiger partial charge in [0.2, 0.25) is 0 Å². The highest BCUT2D eigenvalue weighted by Gasteiger charge is 2.43. The van der Waals surface area contributed by atoms with E-state index in [0.29, 0.717) is 18.8 Å². The van der Waals surface area contributed by atoms with Crippen LogP contribution in [0.4, 0.5) is 10.1 Å². The van der Waals surface area contributed by atoms with E-state index < -0.39 is 5.54 Å². The van der Waals surface area contributed by atoms with Gasteiger partial charge in [0.25, 0.3) is 0 Å². The van der Waals surface area contributed by atoms with Gasteiger partial charge in [0, 0.05) is 13.1 Å². The first-order chi connectivity index (χ1) is 8.60. The monoisotopic (exact) mass is 247 g/mol. The van der Waals surface area contributed by atoms with Crippen LogP contribution in [0.5, 0.6) is 0 Å². The van der Waals surface area contributed by atoms with Gasteiger partial charge in [0.15, 0.2) is 0 Å². The highest BCUT2D eigenvalue weighted by Crippen LogP contribution is 2.39. The molecule has 96 valence electrons. The van der Waals surface area contributed by atoms with E-state index in [9.17, 15) is 9.65 Å². The van der Waals surface area contributed by atoms with Crippen LogP contribution in [0.1, 0.15) is 19.8 Å². The SMILES string of the molecule is CCN(CC(N)(C#N)C1CC1)c1ccccc1F. The summed E-state index contributed by atoms with van der Waals surface area (Å²) in [7, 11) is 0. The fourth-order valence-electron chi connectivity index (χ4n) is 2.25. The van der Waals surface area contributed by atoms with Crippen molar-refractivity contribution < 1.29 is 4.39 Å². The lowest BCUT2D eigenvalue weighted by atomic mass is 9.95. The molecule has 3 nitrogen and oxygen atoms in total. The normalized spacial score (nSPS) is 17.9. The Bertz CT molecular complexity index is 464. The van der Waals surface area contributed by atoms with E-state index in [2.05, 4.69) is 6.07 Å². The van der Waals surface area contributed by atoms with Crippen LogP contribution in [0, 0.1) is 23.1 Å². The average Bonchev–Trinajstić information content (AvgIpc) is 3.21. The molecule has 1 aromatic carbocycles. The van der Waals surface area contributed by atoms with Gasteiger partial charge in [-0.2, -0.15) is 5.26 Å². The molecule has 1 aliphatic carbocycles. The van der Waals surface area contributed by atoms with Crippen molar-refractivity contribution in [1.29, 1.82) is 5.26 Å². The molecule has 2 rings (SSSR count). The molecule has 0 radical (unpaired) electrons. The number of benzene rings is 1. The Labute approximate surface area is 107 Å². The molecule has 1 aromatic rings. The molecule has 1 unspecified atom stereocenters. The fraction of sp³-hybridized carbons (Fsp3) is 0.500. The first-order valence-corrected chi connectivity index (χ1v) is 6.30. The van der Waals surface area contributed by atoms with Gasteiger partial charge in [-0.1, -0.05) is 12.1 Å². The van der Waals surface area contributed by atoms with E-state index in [4.69, 9.17) is 5.73 Å². The Hall–Kier alpha value is -1.60. The van der Waals surface area contributed by atoms with Crippen molar-refractivity contribution in [1.82, 2.24) is 0 Å². The number of hydrogen-bond donors (Lipinski definition) is 1. The van der Waals surface area contributed by atoms with Crippen molar-refractivity contribution >= 4 is 5.69 Å². The number of rotatable bonds is 5. The maximum atomic E-state index is 13.8. The predicted molar refractivity (Wildman–Crippen MR) is 69.5 cm³/mol. The standard InChI is InChI=1S/C14H18FN3/c1-2-18(13-6-4-3-5-12(13)15)10-14(17,9-16)11-7-8-11/h3-6,11H,2,7-8,10,17H2,1H3. The second-order valence-electron chi connectivity index (χ2n) is 4.89. The lowest BCUT2D eigenvalue weighted by Crippen LogP contribution is -2.51. The first-order valence-electron chi connectivity index (χ1n) is 6.30. The van der Waals surface area contributed by atoms with Crippen LogP contribution in [0.3, 0.4) is 0 Å². The number of likely N-dealkylation sites (N-methyl/N-ethyl adjacent to an activating group) is 1. The summed E-state index contributed by atoms with van der Waals surface area (Å²) in [6.45, 7) is 2.96. The van der Waals surface area contributed by atoms with Gasteiger partial charge in [-0.3, -0.25) is 0 Å². The van der Waals surface area contributed by atoms with Crippen molar-refractivity contribution in [3.8, 4) is 6.07 Å². The number of hydrogen-bond acceptors (Lipinski definition) is 3. The molecule has 0 aliphatic heterocycles. The van der Waals surface area contributed by atoms with Gasteiger partial charge >= 0.3 is 0 Å². The van der Waals surface area contributed by atoms with Crippen molar-refractivity contribution in [2.45, 2.75) is 25.3 Å². The molecule has 0 aromatic heterocycles. The lowest BCUT2D eigenvalue weighted by Gasteiger charge is -2.31. The van der Waals surface area contributed by atoms with Crippen LogP contribution >= 0.6 is 0 Å². The third kappa shape index (κ3) is 2.46. The summed E-state index contributed by atoms with van der Waals surface area (Å²) in [6, 6.07) is 8.82. The predicted octanol–water partition coefficient (Wildman–Crippen LogP) is 2.28. The molecule has 0 spiro atoms. The minimum Gasteiger partial charge on any atom is -0.367 e. The van der Waals surface area contributed by atoms with Gasteiger partial charge < -0.3 is 10.6 Å². The molecule has 0 bridgehead atoms. The Morgan fingerprint density at radius 1 is 1.50 bits per heavy atom. The van der Waals surface area contributed by atoms with Crippen LogP contribution in [-0.2, 0) is 0 Å². The van der Waals surface area contributed by atoms with E-state index in [-0.39, 0.29) is 11.7 Å². The number of nitrogens with two attached hydrogens (primary N) is 1. The molecule has 4 heteroatoms. The van der Waals surface area contributed by atoms with E-state index in [1.54, 1.807) is 18.2 Å². The van der Waals surface area contributed by atoms with Crippen molar-refractivity contribution in [3.63, 3.8) is 0 Å². The topological polar surface area (TPSA) is 53.0 Å². The maximum Gasteiger partial charge on any atom is 0.146 e. The molecule has 0 saturated heterocycles. The average molecular weight is 247 g/mol.